The molecule has 168 valence electrons. The van der Waals surface area contributed by atoms with Crippen LogP contribution in [0.1, 0.15) is 57.1 Å². The molecule has 31 heavy (non-hydrogen) atoms. The SMILES string of the molecule is Cc1cc(C2=C(C=C[C@H]3C[C@H](O)CC(=O)O3)C(C)(C)CC3(C2)SCCCS3)ccc1F. The van der Waals surface area contributed by atoms with Crippen LogP contribution in [0.4, 0.5) is 4.39 Å². The summed E-state index contributed by atoms with van der Waals surface area (Å²) >= 11 is 4.14. The Bertz CT molecular complexity index is 915. The second-order valence-corrected chi connectivity index (χ2v) is 12.8. The Labute approximate surface area is 192 Å². The summed E-state index contributed by atoms with van der Waals surface area (Å²) in [7, 11) is 0. The molecule has 2 heterocycles. The molecular weight excluding hydrogens is 431 g/mol. The highest BCUT2D eigenvalue weighted by atomic mass is 32.2. The molecule has 3 aliphatic rings. The molecular formula is C25H31FO3S2. The summed E-state index contributed by atoms with van der Waals surface area (Å²) in [4.78, 5) is 11.8. The average Bonchev–Trinajstić information content (AvgIpc) is 2.68. The minimum atomic E-state index is -0.651. The molecule has 4 rings (SSSR count). The van der Waals surface area contributed by atoms with Gasteiger partial charge in [-0.3, -0.25) is 4.79 Å². The van der Waals surface area contributed by atoms with Crippen molar-refractivity contribution in [1.29, 1.82) is 0 Å². The van der Waals surface area contributed by atoms with E-state index in [0.717, 1.165) is 18.4 Å². The highest BCUT2D eigenvalue weighted by Gasteiger charge is 2.45. The summed E-state index contributed by atoms with van der Waals surface area (Å²) in [6.45, 7) is 6.37. The van der Waals surface area contributed by atoms with E-state index in [-0.39, 0.29) is 27.7 Å². The van der Waals surface area contributed by atoms with Gasteiger partial charge in [0.05, 0.1) is 16.6 Å². The van der Waals surface area contributed by atoms with Crippen molar-refractivity contribution in [2.24, 2.45) is 5.41 Å². The summed E-state index contributed by atoms with van der Waals surface area (Å²) in [5, 5.41) is 9.95. The Morgan fingerprint density at radius 3 is 2.68 bits per heavy atom. The van der Waals surface area contributed by atoms with Crippen LogP contribution in [0.5, 0.6) is 0 Å². The molecule has 0 unspecified atom stereocenters. The van der Waals surface area contributed by atoms with Crippen LogP contribution < -0.4 is 0 Å². The fourth-order valence-corrected chi connectivity index (χ4v) is 8.73. The monoisotopic (exact) mass is 462 g/mol. The number of aliphatic hydroxyl groups is 1. The zero-order chi connectivity index (χ0) is 22.2. The molecule has 1 N–H and O–H groups in total. The van der Waals surface area contributed by atoms with E-state index in [1.165, 1.54) is 29.1 Å². The van der Waals surface area contributed by atoms with Crippen LogP contribution in [0.3, 0.4) is 0 Å². The minimum Gasteiger partial charge on any atom is -0.458 e. The first-order valence-electron chi connectivity index (χ1n) is 11.0. The molecule has 0 amide bonds. The molecule has 2 saturated heterocycles. The van der Waals surface area contributed by atoms with Gasteiger partial charge in [0.15, 0.2) is 0 Å². The lowest BCUT2D eigenvalue weighted by molar-refractivity contribution is -0.156. The van der Waals surface area contributed by atoms with Gasteiger partial charge in [-0.25, -0.2) is 4.39 Å². The molecule has 1 aromatic rings. The van der Waals surface area contributed by atoms with E-state index in [1.54, 1.807) is 6.07 Å². The van der Waals surface area contributed by atoms with E-state index in [2.05, 4.69) is 43.4 Å². The first kappa shape index (κ1) is 22.9. The van der Waals surface area contributed by atoms with Gasteiger partial charge in [0, 0.05) is 6.42 Å². The van der Waals surface area contributed by atoms with Crippen molar-refractivity contribution in [1.82, 2.24) is 0 Å². The summed E-state index contributed by atoms with van der Waals surface area (Å²) in [5.74, 6) is 1.82. The van der Waals surface area contributed by atoms with Gasteiger partial charge in [0.1, 0.15) is 11.9 Å². The van der Waals surface area contributed by atoms with Crippen LogP contribution in [0.2, 0.25) is 0 Å². The number of cyclic esters (lactones) is 1. The van der Waals surface area contributed by atoms with Gasteiger partial charge in [-0.05, 0) is 83.6 Å². The lowest BCUT2D eigenvalue weighted by Gasteiger charge is -2.48. The maximum atomic E-state index is 14.0. The lowest BCUT2D eigenvalue weighted by Crippen LogP contribution is -2.37. The second-order valence-electron chi connectivity index (χ2n) is 9.54. The van der Waals surface area contributed by atoms with Gasteiger partial charge >= 0.3 is 5.97 Å². The first-order valence-corrected chi connectivity index (χ1v) is 13.0. The number of carbonyl (C=O) groups is 1. The number of ether oxygens (including phenoxy) is 1. The second kappa shape index (κ2) is 8.95. The number of esters is 1. The van der Waals surface area contributed by atoms with Crippen LogP contribution in [0.15, 0.2) is 35.9 Å². The van der Waals surface area contributed by atoms with Crippen LogP contribution in [-0.2, 0) is 9.53 Å². The molecule has 0 bridgehead atoms. The van der Waals surface area contributed by atoms with Crippen molar-refractivity contribution in [3.63, 3.8) is 0 Å². The molecule has 2 atom stereocenters. The normalized spacial score (nSPS) is 28.2. The number of hydrogen-bond donors (Lipinski definition) is 1. The highest BCUT2D eigenvalue weighted by molar-refractivity contribution is 8.18. The molecule has 0 radical (unpaired) electrons. The van der Waals surface area contributed by atoms with Gasteiger partial charge in [-0.2, -0.15) is 0 Å². The quantitative estimate of drug-likeness (QED) is 0.567. The largest absolute Gasteiger partial charge is 0.458 e. The maximum absolute atomic E-state index is 14.0. The molecule has 1 aromatic carbocycles. The first-order chi connectivity index (χ1) is 14.7. The molecule has 6 heteroatoms. The van der Waals surface area contributed by atoms with Crippen LogP contribution in [-0.4, -0.2) is 38.9 Å². The predicted octanol–water partition coefficient (Wildman–Crippen LogP) is 5.90. The van der Waals surface area contributed by atoms with Gasteiger partial charge in [-0.15, -0.1) is 23.5 Å². The van der Waals surface area contributed by atoms with Gasteiger partial charge in [0.2, 0.25) is 0 Å². The Morgan fingerprint density at radius 2 is 2.00 bits per heavy atom. The maximum Gasteiger partial charge on any atom is 0.309 e. The Hall–Kier alpha value is -1.24. The number of rotatable bonds is 3. The molecule has 2 aliphatic heterocycles. The van der Waals surface area contributed by atoms with E-state index in [1.807, 2.05) is 25.1 Å². The van der Waals surface area contributed by atoms with Crippen molar-refractivity contribution in [3.8, 4) is 0 Å². The fraction of sp³-hybridized carbons (Fsp3) is 0.560. The summed E-state index contributed by atoms with van der Waals surface area (Å²) < 4.78 is 19.6. The predicted molar refractivity (Wildman–Crippen MR) is 128 cm³/mol. The minimum absolute atomic E-state index is 0.0651. The van der Waals surface area contributed by atoms with Crippen LogP contribution in [0.25, 0.3) is 5.57 Å². The third-order valence-electron chi connectivity index (χ3n) is 6.40. The smallest absolute Gasteiger partial charge is 0.309 e. The molecule has 3 nitrogen and oxygen atoms in total. The molecule has 2 fully saturated rings. The van der Waals surface area contributed by atoms with E-state index >= 15 is 0 Å². The number of allylic oxidation sites excluding steroid dienone is 3. The van der Waals surface area contributed by atoms with E-state index in [4.69, 9.17) is 4.74 Å². The van der Waals surface area contributed by atoms with Gasteiger partial charge < -0.3 is 9.84 Å². The molecule has 1 spiro atoms. The molecule has 0 saturated carbocycles. The van der Waals surface area contributed by atoms with Crippen molar-refractivity contribution in [3.05, 3.63) is 52.9 Å². The van der Waals surface area contributed by atoms with Crippen molar-refractivity contribution in [2.45, 2.75) is 69.2 Å². The lowest BCUT2D eigenvalue weighted by atomic mass is 9.70. The Balaban J connectivity index is 1.76. The summed E-state index contributed by atoms with van der Waals surface area (Å²) in [6, 6.07) is 5.41. The molecule has 0 aromatic heterocycles. The summed E-state index contributed by atoms with van der Waals surface area (Å²) in [5.41, 5.74) is 4.10. The number of aryl methyl sites for hydroxylation is 1. The van der Waals surface area contributed by atoms with Crippen molar-refractivity contribution in [2.75, 3.05) is 11.5 Å². The van der Waals surface area contributed by atoms with E-state index < -0.39 is 12.2 Å². The van der Waals surface area contributed by atoms with Crippen molar-refractivity contribution >= 4 is 35.1 Å². The topological polar surface area (TPSA) is 46.5 Å². The van der Waals surface area contributed by atoms with Crippen molar-refractivity contribution < 1.29 is 19.0 Å². The average molecular weight is 463 g/mol. The Kier molecular flexibility index (Phi) is 6.62. The number of hydrogen-bond acceptors (Lipinski definition) is 5. The third-order valence-corrected chi connectivity index (χ3v) is 9.73. The highest BCUT2D eigenvalue weighted by Crippen LogP contribution is 2.59. The number of aliphatic hydroxyl groups excluding tert-OH is 1. The standard InChI is InChI=1S/C25H31FO3S2/c1-16-11-17(5-8-22(16)26)20-14-25(30-9-4-10-31-25)15-24(2,3)21(20)7-6-19-12-18(27)13-23(28)29-19/h5-8,11,18-19,27H,4,9-10,12-15H2,1-3H3/t18-,19-/m0/s1. The van der Waals surface area contributed by atoms with Crippen LogP contribution >= 0.6 is 23.5 Å². The number of thioether (sulfide) groups is 2. The fourth-order valence-electron chi connectivity index (χ4n) is 4.97. The molecule has 1 aliphatic carbocycles. The van der Waals surface area contributed by atoms with E-state index in [9.17, 15) is 14.3 Å². The number of halogens is 1. The van der Waals surface area contributed by atoms with Crippen LogP contribution in [0, 0.1) is 18.2 Å². The summed E-state index contributed by atoms with van der Waals surface area (Å²) in [6.07, 6.45) is 6.68. The third kappa shape index (κ3) is 5.07. The zero-order valence-electron chi connectivity index (χ0n) is 18.4. The number of carbonyl (C=O) groups excluding carboxylic acids is 1. The number of benzene rings is 1. The Morgan fingerprint density at radius 1 is 1.26 bits per heavy atom. The van der Waals surface area contributed by atoms with Gasteiger partial charge in [-0.1, -0.05) is 26.0 Å². The van der Waals surface area contributed by atoms with Gasteiger partial charge in [0.25, 0.3) is 0 Å². The van der Waals surface area contributed by atoms with E-state index in [0.29, 0.717) is 12.0 Å². The zero-order valence-corrected chi connectivity index (χ0v) is 20.1.